The zero-order valence-electron chi connectivity index (χ0n) is 10.5. The van der Waals surface area contributed by atoms with Crippen LogP contribution in [0.25, 0.3) is 0 Å². The lowest BCUT2D eigenvalue weighted by Gasteiger charge is -2.22. The maximum atomic E-state index is 12.4. The van der Waals surface area contributed by atoms with Gasteiger partial charge in [0.2, 0.25) is 0 Å². The molecule has 5 nitrogen and oxygen atoms in total. The van der Waals surface area contributed by atoms with Gasteiger partial charge in [-0.15, -0.1) is 22.9 Å². The molecule has 0 radical (unpaired) electrons. The molecule has 0 spiro atoms. The number of carbonyl (C=O) groups excluding carboxylic acids is 2. The fourth-order valence-corrected chi connectivity index (χ4v) is 2.88. The first-order valence-electron chi connectivity index (χ1n) is 5.91. The third-order valence-corrected chi connectivity index (χ3v) is 3.99. The molecular formula is C13H10ClN3O2S. The van der Waals surface area contributed by atoms with Gasteiger partial charge >= 0.3 is 0 Å². The zero-order valence-corrected chi connectivity index (χ0v) is 12.0. The van der Waals surface area contributed by atoms with E-state index < -0.39 is 5.38 Å². The van der Waals surface area contributed by atoms with Crippen LogP contribution >= 0.6 is 22.9 Å². The highest BCUT2D eigenvalue weighted by atomic mass is 35.5. The van der Waals surface area contributed by atoms with Crippen LogP contribution < -0.4 is 10.2 Å². The third kappa shape index (κ3) is 1.97. The summed E-state index contributed by atoms with van der Waals surface area (Å²) < 4.78 is 0. The Morgan fingerprint density at radius 1 is 1.50 bits per heavy atom. The largest absolute Gasteiger partial charge is 0.318 e. The number of alkyl halides is 1. The smallest absolute Gasteiger partial charge is 0.267 e. The second-order valence-corrected chi connectivity index (χ2v) is 5.82. The number of amides is 2. The number of nitrogens with zero attached hydrogens (tertiary/aromatic N) is 2. The molecule has 2 amide bonds. The van der Waals surface area contributed by atoms with Gasteiger partial charge in [0.1, 0.15) is 10.3 Å². The highest BCUT2D eigenvalue weighted by molar-refractivity contribution is 7.13. The predicted octanol–water partition coefficient (Wildman–Crippen LogP) is 3.00. The van der Waals surface area contributed by atoms with E-state index in [0.717, 1.165) is 0 Å². The Morgan fingerprint density at radius 3 is 3.05 bits per heavy atom. The Kier molecular flexibility index (Phi) is 3.19. The number of hydrogen-bond donors (Lipinski definition) is 1. The standard InChI is InChI=1S/C13H10ClN3O2S/c1-7(14)13(19)17-9-4-6-20-10(9)12(18)16-8-3-2-5-15-11(8)17/h2-7H,1H3,(H,16,18). The van der Waals surface area contributed by atoms with Crippen LogP contribution in [-0.2, 0) is 4.79 Å². The summed E-state index contributed by atoms with van der Waals surface area (Å²) in [6.45, 7) is 1.60. The number of carbonyl (C=O) groups is 2. The predicted molar refractivity (Wildman–Crippen MR) is 79.0 cm³/mol. The Balaban J connectivity index is 2.25. The number of halogens is 1. The number of nitrogens with one attached hydrogen (secondary N) is 1. The molecule has 0 aromatic carbocycles. The molecule has 0 bridgehead atoms. The molecule has 20 heavy (non-hydrogen) atoms. The zero-order chi connectivity index (χ0) is 14.3. The normalized spacial score (nSPS) is 14.9. The topological polar surface area (TPSA) is 62.3 Å². The minimum absolute atomic E-state index is 0.248. The minimum atomic E-state index is -0.717. The highest BCUT2D eigenvalue weighted by Gasteiger charge is 2.32. The van der Waals surface area contributed by atoms with E-state index in [0.29, 0.717) is 22.1 Å². The lowest BCUT2D eigenvalue weighted by Crippen LogP contribution is -2.32. The highest BCUT2D eigenvalue weighted by Crippen LogP contribution is 2.39. The maximum Gasteiger partial charge on any atom is 0.267 e. The Bertz CT molecular complexity index is 698. The summed E-state index contributed by atoms with van der Waals surface area (Å²) in [6.07, 6.45) is 1.57. The molecule has 1 atom stereocenters. The van der Waals surface area contributed by atoms with Crippen molar-refractivity contribution in [2.45, 2.75) is 12.3 Å². The SMILES string of the molecule is CC(Cl)C(=O)N1c2ccsc2C(=O)Nc2cccnc21. The number of fused-ring (bicyclic) bond motifs is 2. The van der Waals surface area contributed by atoms with Gasteiger partial charge < -0.3 is 5.32 Å². The van der Waals surface area contributed by atoms with E-state index in [-0.39, 0.29) is 11.8 Å². The van der Waals surface area contributed by atoms with Gasteiger partial charge in [-0.25, -0.2) is 4.98 Å². The first kappa shape index (κ1) is 13.1. The first-order chi connectivity index (χ1) is 9.59. The second kappa shape index (κ2) is 4.88. The van der Waals surface area contributed by atoms with Crippen LogP contribution in [0.2, 0.25) is 0 Å². The number of rotatable bonds is 1. The van der Waals surface area contributed by atoms with E-state index in [1.165, 1.54) is 16.2 Å². The Labute approximate surface area is 124 Å². The van der Waals surface area contributed by atoms with E-state index in [2.05, 4.69) is 10.3 Å². The monoisotopic (exact) mass is 307 g/mol. The lowest BCUT2D eigenvalue weighted by molar-refractivity contribution is -0.117. The number of thiophene rings is 1. The fourth-order valence-electron chi connectivity index (χ4n) is 2.02. The molecule has 0 saturated heterocycles. The maximum absolute atomic E-state index is 12.4. The molecule has 2 aromatic heterocycles. The van der Waals surface area contributed by atoms with Gasteiger partial charge in [0, 0.05) is 6.20 Å². The molecule has 7 heteroatoms. The van der Waals surface area contributed by atoms with Crippen LogP contribution in [0, 0.1) is 0 Å². The van der Waals surface area contributed by atoms with Crippen LogP contribution in [-0.4, -0.2) is 22.2 Å². The van der Waals surface area contributed by atoms with Gasteiger partial charge in [-0.2, -0.15) is 0 Å². The fraction of sp³-hybridized carbons (Fsp3) is 0.154. The van der Waals surface area contributed by atoms with E-state index in [1.54, 1.807) is 36.7 Å². The van der Waals surface area contributed by atoms with Gasteiger partial charge in [0.25, 0.3) is 11.8 Å². The molecule has 0 fully saturated rings. The number of hydrogen-bond acceptors (Lipinski definition) is 4. The number of pyridine rings is 1. The molecule has 3 heterocycles. The van der Waals surface area contributed by atoms with Crippen LogP contribution in [0.1, 0.15) is 16.6 Å². The number of anilines is 3. The van der Waals surface area contributed by atoms with Gasteiger partial charge in [-0.05, 0) is 30.5 Å². The molecule has 102 valence electrons. The summed E-state index contributed by atoms with van der Waals surface area (Å²) in [7, 11) is 0. The molecule has 0 aliphatic carbocycles. The molecule has 1 unspecified atom stereocenters. The van der Waals surface area contributed by atoms with Crippen LogP contribution in [0.5, 0.6) is 0 Å². The third-order valence-electron chi connectivity index (χ3n) is 2.90. The van der Waals surface area contributed by atoms with E-state index in [1.807, 2.05) is 0 Å². The van der Waals surface area contributed by atoms with Gasteiger partial charge in [-0.3, -0.25) is 14.5 Å². The molecule has 0 saturated carbocycles. The van der Waals surface area contributed by atoms with Gasteiger partial charge in [0.15, 0.2) is 5.82 Å². The van der Waals surface area contributed by atoms with Crippen LogP contribution in [0.3, 0.4) is 0 Å². The summed E-state index contributed by atoms with van der Waals surface area (Å²) in [5.74, 6) is -0.181. The molecule has 1 N–H and O–H groups in total. The van der Waals surface area contributed by atoms with Gasteiger partial charge in [0.05, 0.1) is 11.4 Å². The average Bonchev–Trinajstić information content (AvgIpc) is 2.86. The van der Waals surface area contributed by atoms with Crippen molar-refractivity contribution in [1.29, 1.82) is 0 Å². The van der Waals surface area contributed by atoms with Crippen molar-refractivity contribution >= 4 is 51.9 Å². The van der Waals surface area contributed by atoms with Crippen molar-refractivity contribution in [2.75, 3.05) is 10.2 Å². The van der Waals surface area contributed by atoms with E-state index in [4.69, 9.17) is 11.6 Å². The van der Waals surface area contributed by atoms with Crippen molar-refractivity contribution in [3.63, 3.8) is 0 Å². The van der Waals surface area contributed by atoms with Crippen LogP contribution in [0.4, 0.5) is 17.2 Å². The van der Waals surface area contributed by atoms with Crippen molar-refractivity contribution in [3.8, 4) is 0 Å². The molecule has 1 aliphatic rings. The molecule has 2 aromatic rings. The molecule has 1 aliphatic heterocycles. The Hall–Kier alpha value is -1.92. The molecule has 3 rings (SSSR count). The van der Waals surface area contributed by atoms with Crippen LogP contribution in [0.15, 0.2) is 29.8 Å². The second-order valence-electron chi connectivity index (χ2n) is 4.25. The summed E-state index contributed by atoms with van der Waals surface area (Å²) in [4.78, 5) is 30.6. The van der Waals surface area contributed by atoms with Crippen molar-refractivity contribution in [1.82, 2.24) is 4.98 Å². The lowest BCUT2D eigenvalue weighted by atomic mass is 10.3. The quantitative estimate of drug-likeness (QED) is 0.824. The summed E-state index contributed by atoms with van der Waals surface area (Å²) in [6, 6.07) is 5.13. The number of aromatic nitrogens is 1. The van der Waals surface area contributed by atoms with Crippen molar-refractivity contribution < 1.29 is 9.59 Å². The summed E-state index contributed by atoms with van der Waals surface area (Å²) in [5.41, 5.74) is 1.01. The Morgan fingerprint density at radius 2 is 2.30 bits per heavy atom. The van der Waals surface area contributed by atoms with Crippen molar-refractivity contribution in [2.24, 2.45) is 0 Å². The first-order valence-corrected chi connectivity index (χ1v) is 7.23. The van der Waals surface area contributed by atoms with Crippen molar-refractivity contribution in [3.05, 3.63) is 34.7 Å². The summed E-state index contributed by atoms with van der Waals surface area (Å²) in [5, 5.41) is 3.80. The van der Waals surface area contributed by atoms with E-state index >= 15 is 0 Å². The average molecular weight is 308 g/mol. The minimum Gasteiger partial charge on any atom is -0.318 e. The summed E-state index contributed by atoms with van der Waals surface area (Å²) >= 11 is 7.20. The van der Waals surface area contributed by atoms with E-state index in [9.17, 15) is 9.59 Å². The molecular weight excluding hydrogens is 298 g/mol. The van der Waals surface area contributed by atoms with Gasteiger partial charge in [-0.1, -0.05) is 0 Å².